The molecule has 10 heavy (non-hydrogen) atoms. The Balaban J connectivity index is 2.33. The molecule has 58 valence electrons. The van der Waals surface area contributed by atoms with Crippen molar-refractivity contribution >= 4 is 6.09 Å². The van der Waals surface area contributed by atoms with Gasteiger partial charge < -0.3 is 20.8 Å². The Kier molecular flexibility index (Phi) is 2.08. The molecule has 1 aliphatic heterocycles. The van der Waals surface area contributed by atoms with Crippen LogP contribution in [-0.4, -0.2) is 41.5 Å². The summed E-state index contributed by atoms with van der Waals surface area (Å²) < 4.78 is 0. The van der Waals surface area contributed by atoms with Crippen molar-refractivity contribution in [3.05, 3.63) is 0 Å². The summed E-state index contributed by atoms with van der Waals surface area (Å²) in [6.45, 7) is 0.971. The molecule has 0 spiro atoms. The first kappa shape index (κ1) is 7.30. The van der Waals surface area contributed by atoms with Gasteiger partial charge >= 0.3 is 6.09 Å². The van der Waals surface area contributed by atoms with Gasteiger partial charge in [-0.15, -0.1) is 0 Å². The molecular formula is C5H10N2O3. The van der Waals surface area contributed by atoms with E-state index in [1.165, 1.54) is 0 Å². The second-order valence-electron chi connectivity index (χ2n) is 2.28. The molecule has 0 aliphatic carbocycles. The predicted octanol–water partition coefficient (Wildman–Crippen LogP) is -1.41. The topological polar surface area (TPSA) is 81.6 Å². The molecule has 1 saturated heterocycles. The molecule has 1 fully saturated rings. The number of carboxylic acid groups (broad SMARTS) is 1. The maximum absolute atomic E-state index is 10.1. The van der Waals surface area contributed by atoms with Gasteiger partial charge in [-0.1, -0.05) is 0 Å². The summed E-state index contributed by atoms with van der Waals surface area (Å²) in [6.07, 6.45) is -1.68. The number of hydrogen-bond acceptors (Lipinski definition) is 3. The van der Waals surface area contributed by atoms with E-state index >= 15 is 0 Å². The molecule has 1 aliphatic rings. The number of rotatable bonds is 1. The van der Waals surface area contributed by atoms with Crippen LogP contribution in [0, 0.1) is 0 Å². The van der Waals surface area contributed by atoms with E-state index in [2.05, 4.69) is 10.6 Å². The number of nitrogens with one attached hydrogen (secondary N) is 2. The molecule has 4 N–H and O–H groups in total. The van der Waals surface area contributed by atoms with Crippen LogP contribution in [0.5, 0.6) is 0 Å². The third-order valence-electron chi connectivity index (χ3n) is 1.49. The Morgan fingerprint density at radius 3 is 2.70 bits per heavy atom. The fourth-order valence-corrected chi connectivity index (χ4v) is 0.971. The molecule has 5 heteroatoms. The second kappa shape index (κ2) is 2.85. The normalized spacial score (nSPS) is 32.1. The summed E-state index contributed by atoms with van der Waals surface area (Å²) in [6, 6.07) is -0.350. The molecule has 1 rings (SSSR count). The van der Waals surface area contributed by atoms with E-state index in [0.717, 1.165) is 0 Å². The number of β-amino-alcohol motifs (C(OH)–C–C–N with tert-alkyl or cyclic N) is 1. The largest absolute Gasteiger partial charge is 0.465 e. The highest BCUT2D eigenvalue weighted by molar-refractivity contribution is 5.65. The summed E-state index contributed by atoms with van der Waals surface area (Å²) in [5, 5.41) is 22.3. The van der Waals surface area contributed by atoms with Crippen LogP contribution >= 0.6 is 0 Å². The van der Waals surface area contributed by atoms with Crippen molar-refractivity contribution in [1.82, 2.24) is 10.6 Å². The van der Waals surface area contributed by atoms with Crippen LogP contribution in [-0.2, 0) is 0 Å². The summed E-state index contributed by atoms with van der Waals surface area (Å²) in [7, 11) is 0. The van der Waals surface area contributed by atoms with E-state index in [1.54, 1.807) is 0 Å². The van der Waals surface area contributed by atoms with Crippen LogP contribution in [0.15, 0.2) is 0 Å². The monoisotopic (exact) mass is 146 g/mol. The molecule has 0 aromatic rings. The Bertz CT molecular complexity index is 139. The Morgan fingerprint density at radius 2 is 2.30 bits per heavy atom. The lowest BCUT2D eigenvalue weighted by molar-refractivity contribution is 0.148. The van der Waals surface area contributed by atoms with E-state index < -0.39 is 12.2 Å². The Morgan fingerprint density at radius 1 is 1.60 bits per heavy atom. The maximum Gasteiger partial charge on any atom is 0.405 e. The van der Waals surface area contributed by atoms with Gasteiger partial charge in [0.25, 0.3) is 0 Å². The van der Waals surface area contributed by atoms with Gasteiger partial charge in [0.05, 0.1) is 12.1 Å². The van der Waals surface area contributed by atoms with E-state index in [1.807, 2.05) is 0 Å². The molecule has 1 amide bonds. The minimum Gasteiger partial charge on any atom is -0.465 e. The van der Waals surface area contributed by atoms with Gasteiger partial charge in [-0.05, 0) is 0 Å². The third kappa shape index (κ3) is 1.58. The van der Waals surface area contributed by atoms with Crippen molar-refractivity contribution in [3.8, 4) is 0 Å². The number of amides is 1. The van der Waals surface area contributed by atoms with Crippen molar-refractivity contribution in [2.75, 3.05) is 13.1 Å². The van der Waals surface area contributed by atoms with Crippen LogP contribution in [0.4, 0.5) is 4.79 Å². The molecule has 5 nitrogen and oxygen atoms in total. The quantitative estimate of drug-likeness (QED) is 0.366. The summed E-state index contributed by atoms with van der Waals surface area (Å²) >= 11 is 0. The number of aliphatic hydroxyl groups excluding tert-OH is 1. The first-order valence-corrected chi connectivity index (χ1v) is 3.08. The van der Waals surface area contributed by atoms with Crippen molar-refractivity contribution in [2.45, 2.75) is 12.1 Å². The summed E-state index contributed by atoms with van der Waals surface area (Å²) in [5.41, 5.74) is 0. The van der Waals surface area contributed by atoms with Gasteiger partial charge in [0.2, 0.25) is 0 Å². The first-order valence-electron chi connectivity index (χ1n) is 3.08. The van der Waals surface area contributed by atoms with Crippen molar-refractivity contribution in [1.29, 1.82) is 0 Å². The fourth-order valence-electron chi connectivity index (χ4n) is 0.971. The Labute approximate surface area is 58.0 Å². The fraction of sp³-hybridized carbons (Fsp3) is 0.800. The van der Waals surface area contributed by atoms with Crippen molar-refractivity contribution < 1.29 is 15.0 Å². The average Bonchev–Trinajstić information content (AvgIpc) is 2.15. The zero-order chi connectivity index (χ0) is 7.56. The predicted molar refractivity (Wildman–Crippen MR) is 33.8 cm³/mol. The maximum atomic E-state index is 10.1. The zero-order valence-corrected chi connectivity index (χ0v) is 5.37. The Hall–Kier alpha value is -0.810. The molecule has 0 aromatic heterocycles. The highest BCUT2D eigenvalue weighted by Gasteiger charge is 2.25. The number of aliphatic hydroxyl groups is 1. The smallest absolute Gasteiger partial charge is 0.405 e. The van der Waals surface area contributed by atoms with E-state index in [-0.39, 0.29) is 6.04 Å². The molecule has 2 atom stereocenters. The van der Waals surface area contributed by atoms with E-state index in [9.17, 15) is 4.79 Å². The highest BCUT2D eigenvalue weighted by Crippen LogP contribution is 1.97. The molecule has 0 radical (unpaired) electrons. The van der Waals surface area contributed by atoms with Crippen LogP contribution in [0.1, 0.15) is 0 Å². The van der Waals surface area contributed by atoms with E-state index in [0.29, 0.717) is 13.1 Å². The van der Waals surface area contributed by atoms with Crippen LogP contribution in [0.3, 0.4) is 0 Å². The number of hydrogen-bond donors (Lipinski definition) is 4. The van der Waals surface area contributed by atoms with Crippen molar-refractivity contribution in [3.63, 3.8) is 0 Å². The minimum atomic E-state index is -1.09. The lowest BCUT2D eigenvalue weighted by Gasteiger charge is -2.11. The lowest BCUT2D eigenvalue weighted by Crippen LogP contribution is -2.41. The van der Waals surface area contributed by atoms with Gasteiger partial charge in [-0.25, -0.2) is 4.79 Å². The first-order chi connectivity index (χ1) is 4.70. The second-order valence-corrected chi connectivity index (χ2v) is 2.28. The molecular weight excluding hydrogens is 136 g/mol. The van der Waals surface area contributed by atoms with Crippen LogP contribution in [0.2, 0.25) is 0 Å². The van der Waals surface area contributed by atoms with Crippen molar-refractivity contribution in [2.24, 2.45) is 0 Å². The lowest BCUT2D eigenvalue weighted by atomic mass is 10.2. The minimum absolute atomic E-state index is 0.350. The molecule has 0 bridgehead atoms. The SMILES string of the molecule is O=C(O)N[C@H]1CNC[C@H]1O. The third-order valence-corrected chi connectivity index (χ3v) is 1.49. The van der Waals surface area contributed by atoms with Crippen LogP contribution in [0.25, 0.3) is 0 Å². The summed E-state index contributed by atoms with van der Waals surface area (Å²) in [4.78, 5) is 10.1. The van der Waals surface area contributed by atoms with Gasteiger partial charge in [-0.2, -0.15) is 0 Å². The molecule has 0 unspecified atom stereocenters. The average molecular weight is 146 g/mol. The molecule has 0 aromatic carbocycles. The van der Waals surface area contributed by atoms with E-state index in [4.69, 9.17) is 10.2 Å². The molecule has 0 saturated carbocycles. The van der Waals surface area contributed by atoms with Gasteiger partial charge in [0, 0.05) is 13.1 Å². The van der Waals surface area contributed by atoms with Crippen LogP contribution < -0.4 is 10.6 Å². The van der Waals surface area contributed by atoms with Gasteiger partial charge in [0.1, 0.15) is 0 Å². The van der Waals surface area contributed by atoms with Gasteiger partial charge in [0.15, 0.2) is 0 Å². The molecule has 1 heterocycles. The zero-order valence-electron chi connectivity index (χ0n) is 5.37. The number of carbonyl (C=O) groups is 1. The summed E-state index contributed by atoms with van der Waals surface area (Å²) in [5.74, 6) is 0. The highest BCUT2D eigenvalue weighted by atomic mass is 16.4. The standard InChI is InChI=1S/C5H10N2O3/c8-4-2-6-1-3(4)7-5(9)10/h3-4,6-8H,1-2H2,(H,9,10)/t3-,4+/m0/s1. The van der Waals surface area contributed by atoms with Gasteiger partial charge in [-0.3, -0.25) is 0 Å².